The Morgan fingerprint density at radius 1 is 0.897 bits per heavy atom. The van der Waals surface area contributed by atoms with E-state index in [-0.39, 0.29) is 23.4 Å². The van der Waals surface area contributed by atoms with Crippen LogP contribution in [-0.2, 0) is 23.2 Å². The van der Waals surface area contributed by atoms with Crippen molar-refractivity contribution in [3.63, 3.8) is 0 Å². The van der Waals surface area contributed by atoms with E-state index in [1.165, 1.54) is 11.1 Å². The topological polar surface area (TPSA) is 70.2 Å². The molecular weight excluding hydrogens is 362 g/mol. The van der Waals surface area contributed by atoms with E-state index in [2.05, 4.69) is 61.0 Å². The van der Waals surface area contributed by atoms with Crippen molar-refractivity contribution in [2.75, 3.05) is 5.32 Å². The van der Waals surface area contributed by atoms with Gasteiger partial charge in [0.2, 0.25) is 5.91 Å². The van der Waals surface area contributed by atoms with Gasteiger partial charge in [-0.3, -0.25) is 4.79 Å². The van der Waals surface area contributed by atoms with Crippen LogP contribution in [0.2, 0.25) is 0 Å². The molecule has 0 aromatic heterocycles. The molecule has 5 nitrogen and oxygen atoms in total. The van der Waals surface area contributed by atoms with Gasteiger partial charge in [0, 0.05) is 24.7 Å². The van der Waals surface area contributed by atoms with Crippen LogP contribution in [0.4, 0.5) is 10.5 Å². The lowest BCUT2D eigenvalue weighted by molar-refractivity contribution is -0.121. The summed E-state index contributed by atoms with van der Waals surface area (Å²) in [6.07, 6.45) is 1.19. The van der Waals surface area contributed by atoms with E-state index in [1.54, 1.807) is 0 Å². The summed E-state index contributed by atoms with van der Waals surface area (Å²) in [5, 5.41) is 8.51. The van der Waals surface area contributed by atoms with Gasteiger partial charge in [-0.1, -0.05) is 57.2 Å². The van der Waals surface area contributed by atoms with Crippen molar-refractivity contribution in [2.24, 2.45) is 0 Å². The molecule has 0 aliphatic heterocycles. The average molecular weight is 396 g/mol. The normalized spacial score (nSPS) is 11.2. The van der Waals surface area contributed by atoms with Crippen LogP contribution in [0.15, 0.2) is 48.5 Å². The molecule has 0 heterocycles. The number of benzene rings is 2. The van der Waals surface area contributed by atoms with Crippen LogP contribution in [0, 0.1) is 0 Å². The number of carbonyl (C=O) groups is 2. The van der Waals surface area contributed by atoms with Crippen molar-refractivity contribution in [1.82, 2.24) is 10.6 Å². The number of amides is 3. The molecular formula is C24H33N3O2. The highest BCUT2D eigenvalue weighted by atomic mass is 16.2. The maximum atomic E-state index is 12.2. The molecule has 2 rings (SSSR count). The molecule has 0 unspecified atom stereocenters. The maximum Gasteiger partial charge on any atom is 0.319 e. The van der Waals surface area contributed by atoms with E-state index in [1.807, 2.05) is 38.1 Å². The van der Waals surface area contributed by atoms with Gasteiger partial charge in [0.05, 0.1) is 0 Å². The SMILES string of the molecule is CC(C)NC(=O)Nc1ccc(CNC(=O)CCc2ccc(C(C)(C)C)cc2)cc1. The predicted octanol–water partition coefficient (Wildman–Crippen LogP) is 4.76. The first-order valence-corrected chi connectivity index (χ1v) is 10.2. The fraction of sp³-hybridized carbons (Fsp3) is 0.417. The number of anilines is 1. The van der Waals surface area contributed by atoms with Crippen LogP contribution in [-0.4, -0.2) is 18.0 Å². The molecule has 3 N–H and O–H groups in total. The highest BCUT2D eigenvalue weighted by molar-refractivity contribution is 5.89. The number of rotatable bonds is 7. The molecule has 0 fully saturated rings. The monoisotopic (exact) mass is 395 g/mol. The standard InChI is InChI=1S/C24H33N3O2/c1-17(2)26-23(29)27-21-13-8-19(9-14-21)16-25-22(28)15-10-18-6-11-20(12-7-18)24(3,4)5/h6-9,11-14,17H,10,15-16H2,1-5H3,(H,25,28)(H2,26,27,29). The van der Waals surface area contributed by atoms with Gasteiger partial charge >= 0.3 is 6.03 Å². The fourth-order valence-corrected chi connectivity index (χ4v) is 2.85. The highest BCUT2D eigenvalue weighted by Gasteiger charge is 2.13. The van der Waals surface area contributed by atoms with E-state index >= 15 is 0 Å². The summed E-state index contributed by atoms with van der Waals surface area (Å²) in [6, 6.07) is 15.8. The molecule has 3 amide bonds. The Kier molecular flexibility index (Phi) is 7.82. The van der Waals surface area contributed by atoms with Gasteiger partial charge in [0.1, 0.15) is 0 Å². The Morgan fingerprint density at radius 2 is 1.48 bits per heavy atom. The van der Waals surface area contributed by atoms with Crippen molar-refractivity contribution >= 4 is 17.6 Å². The third kappa shape index (κ3) is 7.98. The zero-order valence-corrected chi connectivity index (χ0v) is 18.1. The Bertz CT molecular complexity index is 804. The number of hydrogen-bond acceptors (Lipinski definition) is 2. The molecule has 2 aromatic carbocycles. The number of aryl methyl sites for hydroxylation is 1. The van der Waals surface area contributed by atoms with Gasteiger partial charge in [-0.25, -0.2) is 4.79 Å². The van der Waals surface area contributed by atoms with Crippen LogP contribution in [0.3, 0.4) is 0 Å². The summed E-state index contributed by atoms with van der Waals surface area (Å²) in [5.74, 6) is 0.0309. The maximum absolute atomic E-state index is 12.2. The third-order valence-corrected chi connectivity index (χ3v) is 4.58. The van der Waals surface area contributed by atoms with E-state index in [0.29, 0.717) is 13.0 Å². The lowest BCUT2D eigenvalue weighted by Gasteiger charge is -2.19. The van der Waals surface area contributed by atoms with Crippen molar-refractivity contribution in [3.8, 4) is 0 Å². The molecule has 0 atom stereocenters. The Hall–Kier alpha value is -2.82. The second-order valence-electron chi connectivity index (χ2n) is 8.67. The molecule has 0 aliphatic rings. The Balaban J connectivity index is 1.75. The summed E-state index contributed by atoms with van der Waals surface area (Å²) in [7, 11) is 0. The number of nitrogens with one attached hydrogen (secondary N) is 3. The smallest absolute Gasteiger partial charge is 0.319 e. The molecule has 29 heavy (non-hydrogen) atoms. The minimum Gasteiger partial charge on any atom is -0.352 e. The molecule has 0 spiro atoms. The van der Waals surface area contributed by atoms with Crippen molar-refractivity contribution in [3.05, 3.63) is 65.2 Å². The Labute approximate surface area is 174 Å². The van der Waals surface area contributed by atoms with Crippen LogP contribution in [0.1, 0.15) is 57.7 Å². The van der Waals surface area contributed by atoms with Gasteiger partial charge < -0.3 is 16.0 Å². The minimum absolute atomic E-state index is 0.0309. The van der Waals surface area contributed by atoms with E-state index < -0.39 is 0 Å². The number of carbonyl (C=O) groups excluding carboxylic acids is 2. The molecule has 0 saturated heterocycles. The fourth-order valence-electron chi connectivity index (χ4n) is 2.85. The highest BCUT2D eigenvalue weighted by Crippen LogP contribution is 2.22. The van der Waals surface area contributed by atoms with E-state index in [0.717, 1.165) is 17.7 Å². The molecule has 0 saturated carbocycles. The quantitative estimate of drug-likeness (QED) is 0.632. The van der Waals surface area contributed by atoms with Crippen molar-refractivity contribution in [1.29, 1.82) is 0 Å². The minimum atomic E-state index is -0.225. The molecule has 5 heteroatoms. The average Bonchev–Trinajstić information content (AvgIpc) is 2.64. The van der Waals surface area contributed by atoms with E-state index in [4.69, 9.17) is 0 Å². The molecule has 0 radical (unpaired) electrons. The largest absolute Gasteiger partial charge is 0.352 e. The number of hydrogen-bond donors (Lipinski definition) is 3. The van der Waals surface area contributed by atoms with Crippen LogP contribution < -0.4 is 16.0 Å². The lowest BCUT2D eigenvalue weighted by atomic mass is 9.86. The van der Waals surface area contributed by atoms with Gasteiger partial charge in [-0.2, -0.15) is 0 Å². The first-order chi connectivity index (χ1) is 13.6. The molecule has 0 bridgehead atoms. The zero-order chi connectivity index (χ0) is 21.4. The van der Waals surface area contributed by atoms with Gasteiger partial charge in [0.25, 0.3) is 0 Å². The molecule has 156 valence electrons. The van der Waals surface area contributed by atoms with Gasteiger partial charge in [-0.15, -0.1) is 0 Å². The van der Waals surface area contributed by atoms with Crippen molar-refractivity contribution in [2.45, 2.75) is 65.5 Å². The lowest BCUT2D eigenvalue weighted by Crippen LogP contribution is -2.34. The Morgan fingerprint density at radius 3 is 2.03 bits per heavy atom. The first-order valence-electron chi connectivity index (χ1n) is 10.2. The third-order valence-electron chi connectivity index (χ3n) is 4.58. The predicted molar refractivity (Wildman–Crippen MR) is 119 cm³/mol. The van der Waals surface area contributed by atoms with Crippen molar-refractivity contribution < 1.29 is 9.59 Å². The summed E-state index contributed by atoms with van der Waals surface area (Å²) in [4.78, 5) is 23.9. The first kappa shape index (κ1) is 22.5. The molecule has 2 aromatic rings. The summed E-state index contributed by atoms with van der Waals surface area (Å²) >= 11 is 0. The molecule has 0 aliphatic carbocycles. The summed E-state index contributed by atoms with van der Waals surface area (Å²) < 4.78 is 0. The zero-order valence-electron chi connectivity index (χ0n) is 18.1. The van der Waals surface area contributed by atoms with Gasteiger partial charge in [0.15, 0.2) is 0 Å². The van der Waals surface area contributed by atoms with Crippen LogP contribution in [0.25, 0.3) is 0 Å². The van der Waals surface area contributed by atoms with Crippen LogP contribution >= 0.6 is 0 Å². The summed E-state index contributed by atoms with van der Waals surface area (Å²) in [6.45, 7) is 10.9. The number of urea groups is 1. The van der Waals surface area contributed by atoms with Gasteiger partial charge in [-0.05, 0) is 54.5 Å². The van der Waals surface area contributed by atoms with Crippen LogP contribution in [0.5, 0.6) is 0 Å². The van der Waals surface area contributed by atoms with E-state index in [9.17, 15) is 9.59 Å². The second kappa shape index (κ2) is 10.1. The summed E-state index contributed by atoms with van der Waals surface area (Å²) in [5.41, 5.74) is 4.31. The second-order valence-corrected chi connectivity index (χ2v) is 8.67.